The van der Waals surface area contributed by atoms with Gasteiger partial charge in [-0.15, -0.1) is 0 Å². The first kappa shape index (κ1) is 27.3. The zero-order valence-electron chi connectivity index (χ0n) is 24.2. The number of rotatable bonds is 6. The quantitative estimate of drug-likeness (QED) is 0.407. The van der Waals surface area contributed by atoms with Crippen molar-refractivity contribution in [1.29, 1.82) is 0 Å². The fourth-order valence-electron chi connectivity index (χ4n) is 6.07. The van der Waals surface area contributed by atoms with E-state index in [1.165, 1.54) is 14.9 Å². The van der Waals surface area contributed by atoms with Gasteiger partial charge in [0.15, 0.2) is 12.1 Å². The van der Waals surface area contributed by atoms with Crippen LogP contribution in [0.4, 0.5) is 5.69 Å². The van der Waals surface area contributed by atoms with E-state index in [4.69, 9.17) is 9.84 Å². The number of ether oxygens (including phenoxy) is 1. The molecule has 3 aromatic carbocycles. The van der Waals surface area contributed by atoms with Crippen LogP contribution < -0.4 is 9.64 Å². The van der Waals surface area contributed by atoms with Gasteiger partial charge in [-0.25, -0.2) is 9.91 Å². The number of imide groups is 1. The van der Waals surface area contributed by atoms with Crippen LogP contribution in [0.3, 0.4) is 0 Å². The topological polar surface area (TPSA) is 107 Å². The summed E-state index contributed by atoms with van der Waals surface area (Å²) in [4.78, 5) is 42.1. The van der Waals surface area contributed by atoms with Gasteiger partial charge in [0.1, 0.15) is 12.3 Å². The minimum atomic E-state index is -0.991. The second-order valence-corrected chi connectivity index (χ2v) is 11.0. The monoisotopic (exact) mass is 564 g/mol. The Bertz CT molecular complexity index is 1640. The lowest BCUT2D eigenvalue weighted by Gasteiger charge is -2.26. The van der Waals surface area contributed by atoms with Crippen molar-refractivity contribution in [2.75, 3.05) is 18.6 Å². The van der Waals surface area contributed by atoms with Crippen molar-refractivity contribution >= 4 is 29.1 Å². The molecule has 0 bridgehead atoms. The number of nitrogens with zero attached hydrogens (tertiary/aromatic N) is 6. The van der Waals surface area contributed by atoms with Gasteiger partial charge in [-0.3, -0.25) is 19.4 Å². The first-order valence-corrected chi connectivity index (χ1v) is 13.9. The van der Waals surface area contributed by atoms with Crippen molar-refractivity contribution in [2.24, 2.45) is 15.4 Å². The van der Waals surface area contributed by atoms with Crippen LogP contribution in [-0.4, -0.2) is 59.2 Å². The zero-order valence-corrected chi connectivity index (χ0v) is 24.2. The molecule has 0 radical (unpaired) electrons. The number of hydrazone groups is 1. The van der Waals surface area contributed by atoms with Crippen LogP contribution in [-0.2, 0) is 14.4 Å². The van der Waals surface area contributed by atoms with Gasteiger partial charge in [-0.2, -0.15) is 10.2 Å². The van der Waals surface area contributed by atoms with Gasteiger partial charge in [0.2, 0.25) is 0 Å². The summed E-state index contributed by atoms with van der Waals surface area (Å²) < 4.78 is 5.32. The third kappa shape index (κ3) is 4.52. The first-order chi connectivity index (χ1) is 20.2. The molecule has 0 saturated carbocycles. The molecule has 3 aromatic rings. The summed E-state index contributed by atoms with van der Waals surface area (Å²) in [6.45, 7) is 7.54. The van der Waals surface area contributed by atoms with Crippen molar-refractivity contribution in [3.8, 4) is 5.75 Å². The average Bonchev–Trinajstić information content (AvgIpc) is 3.65. The second-order valence-electron chi connectivity index (χ2n) is 11.0. The maximum atomic E-state index is 13.9. The maximum Gasteiger partial charge on any atom is 0.264 e. The Kier molecular flexibility index (Phi) is 6.84. The highest BCUT2D eigenvalue weighted by molar-refractivity contribution is 6.26. The number of carbonyl (C=O) groups excluding carboxylic acids is 3. The number of methoxy groups -OCH3 is 1. The van der Waals surface area contributed by atoms with E-state index < -0.39 is 23.9 Å². The molecule has 6 rings (SSSR count). The summed E-state index contributed by atoms with van der Waals surface area (Å²) in [7, 11) is 1.61. The molecule has 0 unspecified atom stereocenters. The molecule has 42 heavy (non-hydrogen) atoms. The van der Waals surface area contributed by atoms with Crippen molar-refractivity contribution in [3.63, 3.8) is 0 Å². The van der Waals surface area contributed by atoms with Crippen molar-refractivity contribution in [3.05, 3.63) is 94.0 Å². The molecule has 3 amide bonds. The summed E-state index contributed by atoms with van der Waals surface area (Å²) in [6.07, 6.45) is 0.521. The smallest absolute Gasteiger partial charge is 0.264 e. The lowest BCUT2D eigenvalue weighted by Crippen LogP contribution is -2.45. The average molecular weight is 565 g/mol. The van der Waals surface area contributed by atoms with Crippen LogP contribution in [0.5, 0.6) is 5.75 Å². The van der Waals surface area contributed by atoms with Gasteiger partial charge in [-0.05, 0) is 62.1 Å². The van der Waals surface area contributed by atoms with E-state index in [1.807, 2.05) is 82.3 Å². The van der Waals surface area contributed by atoms with Crippen LogP contribution >= 0.6 is 0 Å². The van der Waals surface area contributed by atoms with Crippen LogP contribution in [0.25, 0.3) is 0 Å². The summed E-state index contributed by atoms with van der Waals surface area (Å²) in [6, 6.07) is 17.0. The van der Waals surface area contributed by atoms with Gasteiger partial charge >= 0.3 is 0 Å². The zero-order chi connectivity index (χ0) is 29.7. The maximum absolute atomic E-state index is 13.9. The second kappa shape index (κ2) is 10.5. The predicted molar refractivity (Wildman–Crippen MR) is 157 cm³/mol. The SMILES string of the molecule is COc1ccc([C@H]2CC(c3ccc(C)cc3C)=NN2C(=O)CN2N=N[C@@H]3C(=O)N(c4c(C)cccc4C)C(=O)[C@@H]32)cc1. The van der Waals surface area contributed by atoms with Gasteiger partial charge in [0.05, 0.1) is 24.6 Å². The molecule has 3 aliphatic rings. The highest BCUT2D eigenvalue weighted by atomic mass is 16.5. The number of amides is 3. The molecule has 3 heterocycles. The fourth-order valence-corrected chi connectivity index (χ4v) is 6.07. The van der Waals surface area contributed by atoms with Crippen molar-refractivity contribution in [2.45, 2.75) is 52.2 Å². The van der Waals surface area contributed by atoms with E-state index in [2.05, 4.69) is 16.4 Å². The molecular formula is C32H32N6O4. The Morgan fingerprint density at radius 1 is 0.929 bits per heavy atom. The van der Waals surface area contributed by atoms with E-state index in [1.54, 1.807) is 7.11 Å². The molecule has 10 heteroatoms. The number of hydrogen-bond donors (Lipinski definition) is 0. The van der Waals surface area contributed by atoms with Crippen LogP contribution in [0.2, 0.25) is 0 Å². The van der Waals surface area contributed by atoms with Gasteiger partial charge in [0.25, 0.3) is 17.7 Å². The lowest BCUT2D eigenvalue weighted by molar-refractivity contribution is -0.135. The molecule has 0 aromatic heterocycles. The van der Waals surface area contributed by atoms with Crippen LogP contribution in [0, 0.1) is 27.7 Å². The van der Waals surface area contributed by atoms with E-state index in [0.717, 1.165) is 39.1 Å². The molecule has 3 atom stereocenters. The number of hydrogen-bond acceptors (Lipinski definition) is 8. The largest absolute Gasteiger partial charge is 0.497 e. The first-order valence-electron chi connectivity index (χ1n) is 13.9. The third-order valence-corrected chi connectivity index (χ3v) is 8.18. The van der Waals surface area contributed by atoms with Gasteiger partial charge < -0.3 is 4.74 Å². The number of para-hydroxylation sites is 1. The van der Waals surface area contributed by atoms with E-state index in [-0.39, 0.29) is 18.5 Å². The van der Waals surface area contributed by atoms with Crippen molar-refractivity contribution < 1.29 is 19.1 Å². The van der Waals surface area contributed by atoms with Crippen molar-refractivity contribution in [1.82, 2.24) is 10.0 Å². The van der Waals surface area contributed by atoms with Gasteiger partial charge in [0, 0.05) is 12.0 Å². The summed E-state index contributed by atoms with van der Waals surface area (Å²) in [5.41, 5.74) is 7.09. The standard InChI is InChI=1S/C32H32N6O4/c1-18-9-14-24(21(4)15-18)25-16-26(22-10-12-23(42-5)13-11-22)38(34-25)27(39)17-36-30-28(33-35-36)31(40)37(32(30)41)29-19(2)7-6-8-20(29)3/h6-15,26,28,30H,16-17H2,1-5H3/t26-,28+,30-/m1/s1. The van der Waals surface area contributed by atoms with E-state index in [0.29, 0.717) is 17.9 Å². The molecule has 3 aliphatic heterocycles. The van der Waals surface area contributed by atoms with Crippen LogP contribution in [0.1, 0.15) is 45.8 Å². The Labute approximate surface area is 244 Å². The highest BCUT2D eigenvalue weighted by Crippen LogP contribution is 2.37. The molecule has 1 saturated heterocycles. The Morgan fingerprint density at radius 2 is 1.64 bits per heavy atom. The number of fused-ring (bicyclic) bond motifs is 1. The Balaban J connectivity index is 1.29. The Hall–Kier alpha value is -4.86. The molecule has 214 valence electrons. The summed E-state index contributed by atoms with van der Waals surface area (Å²) in [5, 5.41) is 15.8. The van der Waals surface area contributed by atoms with Crippen LogP contribution in [0.15, 0.2) is 76.1 Å². The van der Waals surface area contributed by atoms with E-state index in [9.17, 15) is 14.4 Å². The molecular weight excluding hydrogens is 532 g/mol. The molecule has 0 N–H and O–H groups in total. The molecule has 0 aliphatic carbocycles. The number of benzene rings is 3. The minimum absolute atomic E-state index is 0.249. The summed E-state index contributed by atoms with van der Waals surface area (Å²) in [5.74, 6) is -0.506. The molecule has 1 fully saturated rings. The fraction of sp³-hybridized carbons (Fsp3) is 0.312. The molecule has 10 nitrogen and oxygen atoms in total. The predicted octanol–water partition coefficient (Wildman–Crippen LogP) is 4.60. The van der Waals surface area contributed by atoms with E-state index >= 15 is 0 Å². The molecule has 0 spiro atoms. The summed E-state index contributed by atoms with van der Waals surface area (Å²) >= 11 is 0. The minimum Gasteiger partial charge on any atom is -0.497 e. The Morgan fingerprint density at radius 3 is 2.31 bits per heavy atom. The third-order valence-electron chi connectivity index (χ3n) is 8.18. The van der Waals surface area contributed by atoms with Gasteiger partial charge in [-0.1, -0.05) is 59.3 Å². The number of carbonyl (C=O) groups is 3. The normalized spacial score (nSPS) is 21.3. The highest BCUT2D eigenvalue weighted by Gasteiger charge is 2.55. The lowest BCUT2D eigenvalue weighted by atomic mass is 9.95. The number of aryl methyl sites for hydroxylation is 4. The number of anilines is 1.